The monoisotopic (exact) mass is 806 g/mol. The molecule has 1 aliphatic rings. The van der Waals surface area contributed by atoms with Crippen molar-refractivity contribution < 1.29 is 0 Å². The predicted molar refractivity (Wildman–Crippen MR) is 259 cm³/mol. The zero-order valence-corrected chi connectivity index (χ0v) is 34.2. The van der Waals surface area contributed by atoms with E-state index in [1.807, 2.05) is 6.07 Å². The van der Waals surface area contributed by atoms with Crippen molar-refractivity contribution in [3.05, 3.63) is 218 Å². The minimum absolute atomic E-state index is 0.0203. The summed E-state index contributed by atoms with van der Waals surface area (Å²) in [4.78, 5) is 16.5. The Bertz CT molecular complexity index is 3680. The molecule has 13 rings (SSSR count). The van der Waals surface area contributed by atoms with E-state index < -0.39 is 0 Å². The van der Waals surface area contributed by atoms with Crippen molar-refractivity contribution in [2.24, 2.45) is 0 Å². The van der Waals surface area contributed by atoms with Gasteiger partial charge in [0.1, 0.15) is 5.82 Å². The van der Waals surface area contributed by atoms with Gasteiger partial charge in [-0.05, 0) is 55.0 Å². The zero-order chi connectivity index (χ0) is 41.4. The van der Waals surface area contributed by atoms with Gasteiger partial charge in [-0.2, -0.15) is 0 Å². The Morgan fingerprint density at radius 1 is 0.365 bits per heavy atom. The Labute approximate surface area is 363 Å². The molecule has 0 saturated carbocycles. The molecular formula is C57H38N6. The predicted octanol–water partition coefficient (Wildman–Crippen LogP) is 14.1. The molecule has 0 N–H and O–H groups in total. The van der Waals surface area contributed by atoms with Crippen LogP contribution in [0.5, 0.6) is 0 Å². The maximum atomic E-state index is 5.62. The molecule has 0 spiro atoms. The number of para-hydroxylation sites is 6. The normalized spacial score (nSPS) is 14.0. The van der Waals surface area contributed by atoms with E-state index in [4.69, 9.17) is 15.0 Å². The minimum atomic E-state index is -0.0203. The summed E-state index contributed by atoms with van der Waals surface area (Å²) in [6.07, 6.45) is 9.42. The first-order valence-corrected chi connectivity index (χ1v) is 21.6. The highest BCUT2D eigenvalue weighted by Crippen LogP contribution is 2.46. The van der Waals surface area contributed by atoms with Crippen LogP contribution in [-0.2, 0) is 0 Å². The van der Waals surface area contributed by atoms with Crippen LogP contribution in [0, 0.1) is 0 Å². The van der Waals surface area contributed by atoms with Gasteiger partial charge in [0.2, 0.25) is 0 Å². The maximum Gasteiger partial charge on any atom is 0.168 e. The third kappa shape index (κ3) is 5.41. The number of rotatable bonds is 6. The molecule has 1 atom stereocenters. The Kier molecular flexibility index (Phi) is 7.93. The van der Waals surface area contributed by atoms with E-state index >= 15 is 0 Å². The smallest absolute Gasteiger partial charge is 0.168 e. The second-order valence-corrected chi connectivity index (χ2v) is 16.3. The molecule has 296 valence electrons. The van der Waals surface area contributed by atoms with Gasteiger partial charge in [0.15, 0.2) is 11.6 Å². The Morgan fingerprint density at radius 3 is 1.25 bits per heavy atom. The Morgan fingerprint density at radius 2 is 0.778 bits per heavy atom. The van der Waals surface area contributed by atoms with Gasteiger partial charge in [-0.1, -0.05) is 164 Å². The quantitative estimate of drug-likeness (QED) is 0.168. The molecule has 6 heteroatoms. The molecule has 0 amide bonds. The van der Waals surface area contributed by atoms with Crippen molar-refractivity contribution in [2.45, 2.75) is 12.3 Å². The van der Waals surface area contributed by atoms with Crippen LogP contribution in [0.3, 0.4) is 0 Å². The second-order valence-electron chi connectivity index (χ2n) is 16.3. The first-order chi connectivity index (χ1) is 31.3. The number of hydrogen-bond donors (Lipinski definition) is 0. The average Bonchev–Trinajstić information content (AvgIpc) is 4.00. The average molecular weight is 807 g/mol. The lowest BCUT2D eigenvalue weighted by Crippen LogP contribution is -2.13. The molecule has 63 heavy (non-hydrogen) atoms. The maximum absolute atomic E-state index is 5.62. The molecule has 1 unspecified atom stereocenters. The summed E-state index contributed by atoms with van der Waals surface area (Å²) in [6.45, 7) is 0. The third-order valence-electron chi connectivity index (χ3n) is 12.8. The number of hydrogen-bond acceptors (Lipinski definition) is 3. The summed E-state index contributed by atoms with van der Waals surface area (Å²) in [5.74, 6) is 1.97. The Balaban J connectivity index is 1.28. The van der Waals surface area contributed by atoms with Gasteiger partial charge in [0.05, 0.1) is 55.7 Å². The molecule has 12 aromatic rings. The number of benzene rings is 8. The number of aromatic nitrogens is 6. The first kappa shape index (κ1) is 35.4. The number of nitrogens with zero attached hydrogens (tertiary/aromatic N) is 6. The van der Waals surface area contributed by atoms with E-state index in [9.17, 15) is 0 Å². The van der Waals surface area contributed by atoms with Crippen molar-refractivity contribution >= 4 is 65.4 Å². The molecule has 0 bridgehead atoms. The van der Waals surface area contributed by atoms with Crippen molar-refractivity contribution in [3.8, 4) is 39.8 Å². The molecule has 8 aromatic carbocycles. The summed E-state index contributed by atoms with van der Waals surface area (Å²) in [6, 6.07) is 67.4. The lowest BCUT2D eigenvalue weighted by Gasteiger charge is -2.24. The molecule has 4 heterocycles. The van der Waals surface area contributed by atoms with E-state index in [1.54, 1.807) is 0 Å². The minimum Gasteiger partial charge on any atom is -0.308 e. The van der Waals surface area contributed by atoms with Crippen LogP contribution in [-0.4, -0.2) is 28.7 Å². The lowest BCUT2D eigenvalue weighted by atomic mass is 9.99. The third-order valence-corrected chi connectivity index (χ3v) is 12.8. The van der Waals surface area contributed by atoms with Crippen LogP contribution >= 0.6 is 0 Å². The summed E-state index contributed by atoms with van der Waals surface area (Å²) < 4.78 is 7.32. The number of allylic oxidation sites excluding steroid dienone is 4. The van der Waals surface area contributed by atoms with E-state index in [0.717, 1.165) is 73.5 Å². The fraction of sp³-hybridized carbons (Fsp3) is 0.0351. The topological polar surface area (TPSA) is 53.5 Å². The van der Waals surface area contributed by atoms with Crippen molar-refractivity contribution in [2.75, 3.05) is 0 Å². The molecule has 6 nitrogen and oxygen atoms in total. The van der Waals surface area contributed by atoms with Gasteiger partial charge in [-0.3, -0.25) is 0 Å². The van der Waals surface area contributed by atoms with Gasteiger partial charge in [0.25, 0.3) is 0 Å². The highest BCUT2D eigenvalue weighted by atomic mass is 15.1. The molecule has 0 fully saturated rings. The van der Waals surface area contributed by atoms with Gasteiger partial charge in [0, 0.05) is 43.8 Å². The van der Waals surface area contributed by atoms with Crippen LogP contribution in [0.4, 0.5) is 0 Å². The van der Waals surface area contributed by atoms with Crippen LogP contribution in [0.2, 0.25) is 0 Å². The fourth-order valence-electron chi connectivity index (χ4n) is 10.1. The van der Waals surface area contributed by atoms with Gasteiger partial charge < -0.3 is 13.7 Å². The molecule has 0 radical (unpaired) electrons. The summed E-state index contributed by atoms with van der Waals surface area (Å²) in [5.41, 5.74) is 11.5. The van der Waals surface area contributed by atoms with Crippen LogP contribution < -0.4 is 0 Å². The zero-order valence-electron chi connectivity index (χ0n) is 34.2. The Hall–Kier alpha value is -8.35. The summed E-state index contributed by atoms with van der Waals surface area (Å²) >= 11 is 0. The van der Waals surface area contributed by atoms with E-state index in [2.05, 4.69) is 220 Å². The van der Waals surface area contributed by atoms with Gasteiger partial charge in [-0.25, -0.2) is 15.0 Å². The SMILES string of the molecule is C1=CCC(c2nc(-c3ccccc3)nc(-c3c(-n4c5ccccc5c5ccccc54)ccc(-n4c5ccccc5c5ccccc54)c3-n3c4ccccc4c4ccccc43)n2)C=C1. The van der Waals surface area contributed by atoms with Crippen molar-refractivity contribution in [1.29, 1.82) is 0 Å². The molecular weight excluding hydrogens is 769 g/mol. The molecule has 0 aliphatic heterocycles. The van der Waals surface area contributed by atoms with E-state index in [0.29, 0.717) is 11.6 Å². The summed E-state index contributed by atoms with van der Waals surface area (Å²) in [7, 11) is 0. The second kappa shape index (κ2) is 14.1. The van der Waals surface area contributed by atoms with Gasteiger partial charge in [-0.15, -0.1) is 0 Å². The van der Waals surface area contributed by atoms with Crippen LogP contribution in [0.25, 0.3) is 105 Å². The molecule has 4 aromatic heterocycles. The van der Waals surface area contributed by atoms with E-state index in [1.165, 1.54) is 32.3 Å². The highest BCUT2D eigenvalue weighted by Gasteiger charge is 2.29. The number of fused-ring (bicyclic) bond motifs is 9. The molecule has 0 saturated heterocycles. The largest absolute Gasteiger partial charge is 0.308 e. The van der Waals surface area contributed by atoms with Crippen LogP contribution in [0.15, 0.2) is 212 Å². The lowest BCUT2D eigenvalue weighted by molar-refractivity contribution is 0.764. The van der Waals surface area contributed by atoms with Gasteiger partial charge >= 0.3 is 0 Å². The first-order valence-electron chi connectivity index (χ1n) is 21.6. The van der Waals surface area contributed by atoms with E-state index in [-0.39, 0.29) is 5.92 Å². The highest BCUT2D eigenvalue weighted by molar-refractivity contribution is 6.14. The molecule has 1 aliphatic carbocycles. The van der Waals surface area contributed by atoms with Crippen LogP contribution in [0.1, 0.15) is 18.2 Å². The van der Waals surface area contributed by atoms with Crippen molar-refractivity contribution in [3.63, 3.8) is 0 Å². The standard InChI is InChI=1S/C57H38N6/c1-3-19-37(20-4-1)55-58-56(38-21-5-2-6-22-38)60-57(59-55)53-51(61-45-29-13-7-23-39(45)40-24-8-14-30-46(40)61)35-36-52(62-47-31-15-9-25-41(47)42-26-10-16-32-48(42)62)54(53)63-49-33-17-11-27-43(49)44-28-12-18-34-50(44)63/h1-21,23-36,38H,22H2. The van der Waals surface area contributed by atoms with Crippen molar-refractivity contribution in [1.82, 2.24) is 28.7 Å². The summed E-state index contributed by atoms with van der Waals surface area (Å²) in [5, 5.41) is 7.11. The fourth-order valence-corrected chi connectivity index (χ4v) is 10.1.